The highest BCUT2D eigenvalue weighted by atomic mass is 16.3. The number of nitrogens with two attached hydrogens (primary N) is 1. The fraction of sp³-hybridized carbons (Fsp3) is 0.143. The quantitative estimate of drug-likeness (QED) is 0.651. The van der Waals surface area contributed by atoms with Crippen molar-refractivity contribution in [3.8, 4) is 0 Å². The fourth-order valence-corrected chi connectivity index (χ4v) is 0.699. The molecular formula is C7H7N2O2. The van der Waals surface area contributed by atoms with Crippen molar-refractivity contribution in [2.24, 2.45) is 5.73 Å². The highest BCUT2D eigenvalue weighted by molar-refractivity contribution is 5.90. The highest BCUT2D eigenvalue weighted by Crippen LogP contribution is 2.00. The zero-order valence-electron chi connectivity index (χ0n) is 5.78. The van der Waals surface area contributed by atoms with Gasteiger partial charge in [-0.2, -0.15) is 0 Å². The molecule has 1 radical (unpaired) electrons. The molecule has 0 spiro atoms. The second-order valence-electron chi connectivity index (χ2n) is 2.06. The van der Waals surface area contributed by atoms with Crippen LogP contribution < -0.4 is 5.73 Å². The minimum atomic E-state index is -0.611. The third-order valence-electron chi connectivity index (χ3n) is 1.24. The summed E-state index contributed by atoms with van der Waals surface area (Å²) >= 11 is 0. The third kappa shape index (κ3) is 1.75. The summed E-state index contributed by atoms with van der Waals surface area (Å²) in [6.07, 6.45) is 1.40. The lowest BCUT2D eigenvalue weighted by molar-refractivity contribution is 0.0995. The molecule has 11 heavy (non-hydrogen) atoms. The summed E-state index contributed by atoms with van der Waals surface area (Å²) in [5.41, 5.74) is 5.59. The average molecular weight is 151 g/mol. The molecule has 0 aromatic carbocycles. The molecule has 0 fully saturated rings. The Kier molecular flexibility index (Phi) is 2.18. The lowest BCUT2D eigenvalue weighted by Crippen LogP contribution is -2.13. The molecule has 57 valence electrons. The average Bonchev–Trinajstić information content (AvgIpc) is 2.05. The van der Waals surface area contributed by atoms with Gasteiger partial charge in [0.1, 0.15) is 12.3 Å². The molecule has 2 N–H and O–H groups in total. The Balaban J connectivity index is 3.01. The van der Waals surface area contributed by atoms with Crippen molar-refractivity contribution >= 4 is 5.91 Å². The maximum atomic E-state index is 10.5. The summed E-state index contributed by atoms with van der Waals surface area (Å²) in [6.45, 7) is -0.358. The number of aromatic nitrogens is 1. The minimum Gasteiger partial charge on any atom is -0.364 e. The van der Waals surface area contributed by atoms with Crippen molar-refractivity contribution in [2.45, 2.75) is 6.61 Å². The van der Waals surface area contributed by atoms with Crippen LogP contribution in [0.2, 0.25) is 0 Å². The van der Waals surface area contributed by atoms with Crippen molar-refractivity contribution < 1.29 is 9.90 Å². The van der Waals surface area contributed by atoms with Crippen LogP contribution in [0.25, 0.3) is 0 Å². The number of hydrogen-bond acceptors (Lipinski definition) is 2. The van der Waals surface area contributed by atoms with Crippen molar-refractivity contribution in [2.75, 3.05) is 0 Å². The van der Waals surface area contributed by atoms with E-state index in [4.69, 9.17) is 5.73 Å². The first-order valence-corrected chi connectivity index (χ1v) is 3.07. The van der Waals surface area contributed by atoms with Gasteiger partial charge in [-0.25, -0.2) is 5.11 Å². The molecule has 1 aromatic rings. The molecule has 0 aliphatic rings. The fourth-order valence-electron chi connectivity index (χ4n) is 0.699. The van der Waals surface area contributed by atoms with E-state index >= 15 is 0 Å². The van der Waals surface area contributed by atoms with Gasteiger partial charge in [-0.15, -0.1) is 0 Å². The van der Waals surface area contributed by atoms with E-state index in [1.807, 2.05) is 0 Å². The van der Waals surface area contributed by atoms with Crippen molar-refractivity contribution in [1.82, 2.24) is 4.98 Å². The van der Waals surface area contributed by atoms with E-state index < -0.39 is 5.91 Å². The first kappa shape index (κ1) is 7.68. The zero-order chi connectivity index (χ0) is 8.27. The molecule has 0 atom stereocenters. The lowest BCUT2D eigenvalue weighted by atomic mass is 10.2. The van der Waals surface area contributed by atoms with Gasteiger partial charge in [0.05, 0.1) is 0 Å². The molecule has 0 saturated heterocycles. The van der Waals surface area contributed by atoms with Crippen molar-refractivity contribution in [3.05, 3.63) is 29.6 Å². The highest BCUT2D eigenvalue weighted by Gasteiger charge is 2.01. The summed E-state index contributed by atoms with van der Waals surface area (Å²) in [6, 6.07) is 2.95. The molecule has 1 aromatic heterocycles. The molecule has 0 saturated carbocycles. The summed E-state index contributed by atoms with van der Waals surface area (Å²) in [5, 5.41) is 10.3. The minimum absolute atomic E-state index is 0.137. The van der Waals surface area contributed by atoms with E-state index in [1.54, 1.807) is 6.07 Å². The molecule has 4 nitrogen and oxygen atoms in total. The van der Waals surface area contributed by atoms with Gasteiger partial charge in [-0.05, 0) is 17.7 Å². The van der Waals surface area contributed by atoms with E-state index in [9.17, 15) is 9.90 Å². The number of hydrogen-bond donors (Lipinski definition) is 1. The normalized spacial score (nSPS) is 9.55. The number of carbonyl (C=O) groups excluding carboxylic acids is 1. The molecule has 4 heteroatoms. The Labute approximate surface area is 63.7 Å². The Bertz CT molecular complexity index is 273. The largest absolute Gasteiger partial charge is 0.364 e. The number of rotatable bonds is 2. The van der Waals surface area contributed by atoms with Crippen LogP contribution in [0.15, 0.2) is 18.3 Å². The van der Waals surface area contributed by atoms with E-state index in [-0.39, 0.29) is 12.3 Å². The van der Waals surface area contributed by atoms with Gasteiger partial charge in [0.25, 0.3) is 5.91 Å². The van der Waals surface area contributed by atoms with Gasteiger partial charge in [-0.3, -0.25) is 9.78 Å². The third-order valence-corrected chi connectivity index (χ3v) is 1.24. The number of primary amides is 1. The smallest absolute Gasteiger partial charge is 0.267 e. The number of amides is 1. The van der Waals surface area contributed by atoms with Crippen LogP contribution in [-0.2, 0) is 11.7 Å². The van der Waals surface area contributed by atoms with Crippen molar-refractivity contribution in [3.63, 3.8) is 0 Å². The Morgan fingerprint density at radius 1 is 1.64 bits per heavy atom. The Hall–Kier alpha value is -1.42. The first-order chi connectivity index (χ1) is 5.24. The van der Waals surface area contributed by atoms with Crippen LogP contribution in [0.3, 0.4) is 0 Å². The summed E-state index contributed by atoms with van der Waals surface area (Å²) in [7, 11) is 0. The van der Waals surface area contributed by atoms with Crippen LogP contribution in [-0.4, -0.2) is 10.9 Å². The van der Waals surface area contributed by atoms with E-state index in [0.717, 1.165) is 0 Å². The number of pyridine rings is 1. The predicted molar refractivity (Wildman–Crippen MR) is 37.1 cm³/mol. The van der Waals surface area contributed by atoms with Crippen LogP contribution in [0.5, 0.6) is 0 Å². The molecule has 0 aliphatic heterocycles. The van der Waals surface area contributed by atoms with Crippen LogP contribution in [0, 0.1) is 0 Å². The van der Waals surface area contributed by atoms with Crippen LogP contribution in [0.1, 0.15) is 16.1 Å². The second-order valence-corrected chi connectivity index (χ2v) is 2.06. The topological polar surface area (TPSA) is 75.9 Å². The number of nitrogens with zero attached hydrogens (tertiary/aromatic N) is 1. The van der Waals surface area contributed by atoms with Gasteiger partial charge < -0.3 is 5.73 Å². The predicted octanol–water partition coefficient (Wildman–Crippen LogP) is 0.111. The maximum absolute atomic E-state index is 10.5. The Morgan fingerprint density at radius 3 is 2.91 bits per heavy atom. The molecular weight excluding hydrogens is 144 g/mol. The van der Waals surface area contributed by atoms with Crippen LogP contribution >= 0.6 is 0 Å². The van der Waals surface area contributed by atoms with Crippen LogP contribution in [0.4, 0.5) is 0 Å². The summed E-state index contributed by atoms with van der Waals surface area (Å²) in [5.74, 6) is -0.611. The maximum Gasteiger partial charge on any atom is 0.267 e. The molecule has 0 aliphatic carbocycles. The summed E-state index contributed by atoms with van der Waals surface area (Å²) in [4.78, 5) is 14.2. The van der Waals surface area contributed by atoms with Gasteiger partial charge in [-0.1, -0.05) is 0 Å². The van der Waals surface area contributed by atoms with Crippen molar-refractivity contribution in [1.29, 1.82) is 0 Å². The zero-order valence-corrected chi connectivity index (χ0v) is 5.78. The SMILES string of the molecule is NC(=O)c1cc(C[O])ccn1. The standard InChI is InChI=1S/C7H7N2O2/c8-7(11)6-3-5(4-10)1-2-9-6/h1-3H,4H2,(H2,8,11). The van der Waals surface area contributed by atoms with E-state index in [1.165, 1.54) is 12.3 Å². The monoisotopic (exact) mass is 151 g/mol. The van der Waals surface area contributed by atoms with Gasteiger partial charge in [0, 0.05) is 6.20 Å². The van der Waals surface area contributed by atoms with E-state index in [2.05, 4.69) is 4.98 Å². The Morgan fingerprint density at radius 2 is 2.36 bits per heavy atom. The number of carbonyl (C=O) groups is 1. The summed E-state index contributed by atoms with van der Waals surface area (Å²) < 4.78 is 0. The molecule has 1 rings (SSSR count). The molecule has 0 bridgehead atoms. The van der Waals surface area contributed by atoms with Gasteiger partial charge in [0.15, 0.2) is 0 Å². The van der Waals surface area contributed by atoms with E-state index in [0.29, 0.717) is 5.56 Å². The second kappa shape index (κ2) is 3.12. The van der Waals surface area contributed by atoms with Gasteiger partial charge >= 0.3 is 0 Å². The molecule has 0 unspecified atom stereocenters. The molecule has 1 amide bonds. The molecule has 1 heterocycles. The van der Waals surface area contributed by atoms with Gasteiger partial charge in [0.2, 0.25) is 0 Å². The lowest BCUT2D eigenvalue weighted by Gasteiger charge is -1.95. The first-order valence-electron chi connectivity index (χ1n) is 3.07.